The van der Waals surface area contributed by atoms with Gasteiger partial charge in [-0.15, -0.1) is 0 Å². The van der Waals surface area contributed by atoms with Crippen LogP contribution in [0.1, 0.15) is 15.9 Å². The Morgan fingerprint density at radius 1 is 1.07 bits per heavy atom. The van der Waals surface area contributed by atoms with Crippen LogP contribution < -0.4 is 10.1 Å². The summed E-state index contributed by atoms with van der Waals surface area (Å²) >= 11 is 0. The molecular formula is C19H22N2O7S. The molecule has 0 saturated carbocycles. The number of hydrogen-bond acceptors (Lipinski definition) is 7. The van der Waals surface area contributed by atoms with Gasteiger partial charge in [-0.2, -0.15) is 0 Å². The van der Waals surface area contributed by atoms with Crippen molar-refractivity contribution in [2.24, 2.45) is 0 Å². The van der Waals surface area contributed by atoms with Crippen LogP contribution in [-0.4, -0.2) is 52.6 Å². The van der Waals surface area contributed by atoms with Crippen LogP contribution in [0.5, 0.6) is 5.75 Å². The predicted molar refractivity (Wildman–Crippen MR) is 104 cm³/mol. The maximum atomic E-state index is 12.3. The first kappa shape index (κ1) is 22.3. The summed E-state index contributed by atoms with van der Waals surface area (Å²) in [6.45, 7) is -0.305. The largest absolute Gasteiger partial charge is 0.496 e. The number of rotatable bonds is 9. The van der Waals surface area contributed by atoms with Crippen LogP contribution in [0.2, 0.25) is 0 Å². The second-order valence-corrected chi connectivity index (χ2v) is 7.73. The number of amides is 1. The topological polar surface area (TPSA) is 111 Å². The number of carbonyl (C=O) groups is 2. The Labute approximate surface area is 169 Å². The average molecular weight is 422 g/mol. The van der Waals surface area contributed by atoms with Crippen molar-refractivity contribution in [3.63, 3.8) is 0 Å². The van der Waals surface area contributed by atoms with Gasteiger partial charge in [-0.05, 0) is 24.3 Å². The van der Waals surface area contributed by atoms with Gasteiger partial charge in [0.15, 0.2) is 6.61 Å². The molecule has 0 radical (unpaired) electrons. The summed E-state index contributed by atoms with van der Waals surface area (Å²) in [5.74, 6) is -0.703. The highest BCUT2D eigenvalue weighted by Crippen LogP contribution is 2.17. The highest BCUT2D eigenvalue weighted by atomic mass is 32.2. The van der Waals surface area contributed by atoms with Crippen LogP contribution >= 0.6 is 0 Å². The van der Waals surface area contributed by atoms with Crippen LogP contribution in [0.25, 0.3) is 0 Å². The Balaban J connectivity index is 1.95. The third-order valence-electron chi connectivity index (χ3n) is 3.97. The van der Waals surface area contributed by atoms with E-state index in [1.807, 2.05) is 12.1 Å². The average Bonchev–Trinajstić information content (AvgIpc) is 2.75. The van der Waals surface area contributed by atoms with E-state index in [1.54, 1.807) is 12.1 Å². The molecule has 1 amide bonds. The Bertz CT molecular complexity index is 976. The van der Waals surface area contributed by atoms with E-state index in [0.717, 1.165) is 11.6 Å². The maximum absolute atomic E-state index is 12.3. The SMILES string of the molecule is COc1ccccc1CNC(=O)COC(=O)c1cccc(S(=O)(=O)N(C)OC)c1. The third kappa shape index (κ3) is 5.76. The summed E-state index contributed by atoms with van der Waals surface area (Å²) in [7, 11) is 0.0551. The first-order valence-electron chi connectivity index (χ1n) is 8.48. The van der Waals surface area contributed by atoms with Gasteiger partial charge in [-0.1, -0.05) is 28.7 Å². The van der Waals surface area contributed by atoms with Crippen molar-refractivity contribution >= 4 is 21.9 Å². The van der Waals surface area contributed by atoms with Crippen molar-refractivity contribution in [2.75, 3.05) is 27.9 Å². The summed E-state index contributed by atoms with van der Waals surface area (Å²) in [5.41, 5.74) is 0.767. The molecule has 0 saturated heterocycles. The molecule has 2 rings (SSSR count). The number of carbonyl (C=O) groups excluding carboxylic acids is 2. The molecule has 0 heterocycles. The molecule has 0 aliphatic carbocycles. The Morgan fingerprint density at radius 2 is 1.79 bits per heavy atom. The van der Waals surface area contributed by atoms with Crippen molar-refractivity contribution in [3.8, 4) is 5.75 Å². The molecule has 2 aromatic carbocycles. The van der Waals surface area contributed by atoms with E-state index < -0.39 is 28.5 Å². The molecular weight excluding hydrogens is 400 g/mol. The first-order valence-corrected chi connectivity index (χ1v) is 9.92. The molecule has 2 aromatic rings. The van der Waals surface area contributed by atoms with Gasteiger partial charge < -0.3 is 14.8 Å². The molecule has 10 heteroatoms. The number of nitrogens with one attached hydrogen (secondary N) is 1. The molecule has 0 aromatic heterocycles. The Hall–Kier alpha value is -2.95. The summed E-state index contributed by atoms with van der Waals surface area (Å²) < 4.78 is 35.3. The standard InChI is InChI=1S/C19H22N2O7S/c1-21(27-3)29(24,25)16-9-6-8-14(11-16)19(23)28-13-18(22)20-12-15-7-4-5-10-17(15)26-2/h4-11H,12-13H2,1-3H3,(H,20,22). The van der Waals surface area contributed by atoms with Crippen molar-refractivity contribution in [2.45, 2.75) is 11.4 Å². The minimum Gasteiger partial charge on any atom is -0.496 e. The van der Waals surface area contributed by atoms with Gasteiger partial charge in [0.05, 0.1) is 24.7 Å². The summed E-state index contributed by atoms with van der Waals surface area (Å²) in [4.78, 5) is 28.7. The number of methoxy groups -OCH3 is 1. The fourth-order valence-corrected chi connectivity index (χ4v) is 3.36. The number of sulfonamides is 1. The van der Waals surface area contributed by atoms with Gasteiger partial charge in [0, 0.05) is 19.2 Å². The van der Waals surface area contributed by atoms with Gasteiger partial charge in [-0.25, -0.2) is 13.2 Å². The number of esters is 1. The Morgan fingerprint density at radius 3 is 2.48 bits per heavy atom. The zero-order valence-electron chi connectivity index (χ0n) is 16.2. The fourth-order valence-electron chi connectivity index (χ4n) is 2.34. The second-order valence-electron chi connectivity index (χ2n) is 5.79. The molecule has 0 spiro atoms. The van der Waals surface area contributed by atoms with E-state index >= 15 is 0 Å². The molecule has 9 nitrogen and oxygen atoms in total. The Kier molecular flexibility index (Phi) is 7.71. The van der Waals surface area contributed by atoms with E-state index in [0.29, 0.717) is 10.2 Å². The molecule has 1 N–H and O–H groups in total. The van der Waals surface area contributed by atoms with Crippen molar-refractivity contribution in [3.05, 3.63) is 59.7 Å². The molecule has 0 unspecified atom stereocenters. The molecule has 0 fully saturated rings. The lowest BCUT2D eigenvalue weighted by Crippen LogP contribution is -2.28. The summed E-state index contributed by atoms with van der Waals surface area (Å²) in [6, 6.07) is 12.4. The highest BCUT2D eigenvalue weighted by Gasteiger charge is 2.22. The lowest BCUT2D eigenvalue weighted by Gasteiger charge is -2.14. The quantitative estimate of drug-likeness (QED) is 0.480. The van der Waals surface area contributed by atoms with Gasteiger partial charge in [0.2, 0.25) is 0 Å². The van der Waals surface area contributed by atoms with Crippen LogP contribution in [0.3, 0.4) is 0 Å². The fraction of sp³-hybridized carbons (Fsp3) is 0.263. The van der Waals surface area contributed by atoms with Gasteiger partial charge in [-0.3, -0.25) is 9.63 Å². The molecule has 0 bridgehead atoms. The summed E-state index contributed by atoms with van der Waals surface area (Å²) in [5, 5.41) is 2.62. The molecule has 29 heavy (non-hydrogen) atoms. The monoisotopic (exact) mass is 422 g/mol. The number of ether oxygens (including phenoxy) is 2. The van der Waals surface area contributed by atoms with E-state index in [-0.39, 0.29) is 17.0 Å². The van der Waals surface area contributed by atoms with Crippen LogP contribution in [-0.2, 0) is 30.9 Å². The zero-order chi connectivity index (χ0) is 21.4. The van der Waals surface area contributed by atoms with E-state index in [1.165, 1.54) is 39.5 Å². The number of benzene rings is 2. The third-order valence-corrected chi connectivity index (χ3v) is 5.64. The lowest BCUT2D eigenvalue weighted by atomic mass is 10.2. The van der Waals surface area contributed by atoms with E-state index in [9.17, 15) is 18.0 Å². The highest BCUT2D eigenvalue weighted by molar-refractivity contribution is 7.89. The molecule has 0 atom stereocenters. The van der Waals surface area contributed by atoms with Crippen LogP contribution in [0.15, 0.2) is 53.4 Å². The lowest BCUT2D eigenvalue weighted by molar-refractivity contribution is -0.124. The molecule has 0 aliphatic rings. The van der Waals surface area contributed by atoms with Gasteiger partial charge in [0.1, 0.15) is 5.75 Å². The van der Waals surface area contributed by atoms with Crippen LogP contribution in [0.4, 0.5) is 0 Å². The smallest absolute Gasteiger partial charge is 0.338 e. The predicted octanol–water partition coefficient (Wildman–Crippen LogP) is 1.35. The molecule has 156 valence electrons. The number of hydroxylamine groups is 1. The minimum atomic E-state index is -3.91. The van der Waals surface area contributed by atoms with Gasteiger partial charge in [0.25, 0.3) is 15.9 Å². The maximum Gasteiger partial charge on any atom is 0.338 e. The van der Waals surface area contributed by atoms with Gasteiger partial charge >= 0.3 is 5.97 Å². The zero-order valence-corrected chi connectivity index (χ0v) is 17.1. The minimum absolute atomic E-state index is 0.00638. The van der Waals surface area contributed by atoms with E-state index in [4.69, 9.17) is 14.3 Å². The molecule has 0 aliphatic heterocycles. The number of para-hydroxylation sites is 1. The second kappa shape index (κ2) is 10.0. The van der Waals surface area contributed by atoms with Crippen molar-refractivity contribution < 1.29 is 32.3 Å². The normalized spacial score (nSPS) is 11.2. The summed E-state index contributed by atoms with van der Waals surface area (Å²) in [6.07, 6.45) is 0. The van der Waals surface area contributed by atoms with Crippen LogP contribution in [0, 0.1) is 0 Å². The van der Waals surface area contributed by atoms with E-state index in [2.05, 4.69) is 5.32 Å². The number of hydrogen-bond donors (Lipinski definition) is 1. The number of nitrogens with zero attached hydrogens (tertiary/aromatic N) is 1. The van der Waals surface area contributed by atoms with Crippen molar-refractivity contribution in [1.29, 1.82) is 0 Å². The van der Waals surface area contributed by atoms with Crippen molar-refractivity contribution in [1.82, 2.24) is 9.79 Å². The first-order chi connectivity index (χ1) is 13.8.